The molecule has 0 aliphatic carbocycles. The molecular weight excluding hydrogens is 302 g/mol. The van der Waals surface area contributed by atoms with Gasteiger partial charge in [-0.1, -0.05) is 84.9 Å². The number of hydrogen-bond acceptors (Lipinski definition) is 0. The van der Waals surface area contributed by atoms with Crippen molar-refractivity contribution in [3.8, 4) is 22.3 Å². The van der Waals surface area contributed by atoms with E-state index in [1.807, 2.05) is 12.1 Å². The Balaban J connectivity index is 1.93. The van der Waals surface area contributed by atoms with Gasteiger partial charge in [0, 0.05) is 21.9 Å². The third kappa shape index (κ3) is 2.25. The molecule has 5 rings (SSSR count). The van der Waals surface area contributed by atoms with Crippen LogP contribution in [-0.2, 0) is 0 Å². The Morgan fingerprint density at radius 1 is 0.600 bits per heavy atom. The number of aromatic nitrogens is 1. The molecule has 0 unspecified atom stereocenters. The molecule has 0 spiro atoms. The Morgan fingerprint density at radius 3 is 2.20 bits per heavy atom. The zero-order valence-electron chi connectivity index (χ0n) is 13.7. The van der Waals surface area contributed by atoms with Crippen LogP contribution in [0.3, 0.4) is 0 Å². The summed E-state index contributed by atoms with van der Waals surface area (Å²) in [5, 5.41) is 2.53. The van der Waals surface area contributed by atoms with E-state index < -0.39 is 0 Å². The molecule has 1 heterocycles. The topological polar surface area (TPSA) is 15.8 Å². The number of hydrogen-bond donors (Lipinski definition) is 1. The van der Waals surface area contributed by atoms with Gasteiger partial charge in [-0.3, -0.25) is 0 Å². The van der Waals surface area contributed by atoms with Crippen LogP contribution in [0.4, 0.5) is 0 Å². The van der Waals surface area contributed by atoms with Crippen LogP contribution in [0.2, 0.25) is 0 Å². The summed E-state index contributed by atoms with van der Waals surface area (Å²) in [7, 11) is 0. The van der Waals surface area contributed by atoms with Gasteiger partial charge in [0.25, 0.3) is 0 Å². The summed E-state index contributed by atoms with van der Waals surface area (Å²) in [6.07, 6.45) is 0. The summed E-state index contributed by atoms with van der Waals surface area (Å²) in [6, 6.07) is 34.9. The van der Waals surface area contributed by atoms with Crippen LogP contribution in [0.5, 0.6) is 0 Å². The van der Waals surface area contributed by atoms with Crippen molar-refractivity contribution in [1.82, 2.24) is 4.98 Å². The molecule has 0 amide bonds. The van der Waals surface area contributed by atoms with Crippen LogP contribution in [0.15, 0.2) is 91.0 Å². The minimum absolute atomic E-state index is 1.17. The van der Waals surface area contributed by atoms with E-state index in [1.165, 1.54) is 44.1 Å². The van der Waals surface area contributed by atoms with Crippen molar-refractivity contribution in [2.24, 2.45) is 0 Å². The molecule has 1 radical (unpaired) electrons. The zero-order chi connectivity index (χ0) is 16.6. The first-order valence-electron chi connectivity index (χ1n) is 8.47. The van der Waals surface area contributed by atoms with Crippen LogP contribution >= 0.6 is 0 Å². The highest BCUT2D eigenvalue weighted by atomic mass is 14.7. The molecule has 1 nitrogen and oxygen atoms in total. The number of fused-ring (bicyclic) bond motifs is 3. The van der Waals surface area contributed by atoms with Crippen LogP contribution in [-0.4, -0.2) is 4.98 Å². The summed E-state index contributed by atoms with van der Waals surface area (Å²) in [6.45, 7) is 0. The molecule has 1 heteroatoms. The van der Waals surface area contributed by atoms with Crippen molar-refractivity contribution in [3.05, 3.63) is 97.1 Å². The lowest BCUT2D eigenvalue weighted by Crippen LogP contribution is -1.87. The van der Waals surface area contributed by atoms with Crippen LogP contribution in [0.1, 0.15) is 0 Å². The van der Waals surface area contributed by atoms with Gasteiger partial charge in [0.15, 0.2) is 0 Å². The van der Waals surface area contributed by atoms with Gasteiger partial charge < -0.3 is 4.98 Å². The lowest BCUT2D eigenvalue weighted by Gasteiger charge is -2.12. The monoisotopic (exact) mass is 318 g/mol. The Labute approximate surface area is 146 Å². The maximum Gasteiger partial charge on any atom is 0.0550 e. The van der Waals surface area contributed by atoms with Crippen LogP contribution < -0.4 is 0 Å². The van der Waals surface area contributed by atoms with E-state index in [-0.39, 0.29) is 0 Å². The molecule has 0 aliphatic rings. The van der Waals surface area contributed by atoms with E-state index in [2.05, 4.69) is 89.9 Å². The number of para-hydroxylation sites is 1. The molecule has 25 heavy (non-hydrogen) atoms. The predicted molar refractivity (Wildman–Crippen MR) is 106 cm³/mol. The minimum atomic E-state index is 1.17. The van der Waals surface area contributed by atoms with E-state index in [9.17, 15) is 0 Å². The van der Waals surface area contributed by atoms with Gasteiger partial charge in [-0.25, -0.2) is 0 Å². The van der Waals surface area contributed by atoms with Gasteiger partial charge in [0.1, 0.15) is 0 Å². The van der Waals surface area contributed by atoms with Crippen molar-refractivity contribution >= 4 is 21.8 Å². The third-order valence-corrected chi connectivity index (χ3v) is 4.77. The lowest BCUT2D eigenvalue weighted by atomic mass is 9.92. The summed E-state index contributed by atoms with van der Waals surface area (Å²) >= 11 is 0. The quantitative estimate of drug-likeness (QED) is 0.384. The minimum Gasteiger partial charge on any atom is -0.354 e. The summed E-state index contributed by atoms with van der Waals surface area (Å²) in [5.74, 6) is 0. The highest BCUT2D eigenvalue weighted by Crippen LogP contribution is 2.40. The van der Waals surface area contributed by atoms with Gasteiger partial charge in [-0.05, 0) is 28.8 Å². The second-order valence-corrected chi connectivity index (χ2v) is 6.24. The van der Waals surface area contributed by atoms with E-state index in [4.69, 9.17) is 0 Å². The molecule has 1 N–H and O–H groups in total. The fraction of sp³-hybridized carbons (Fsp3) is 0. The molecule has 0 bridgehead atoms. The van der Waals surface area contributed by atoms with E-state index >= 15 is 0 Å². The normalized spacial score (nSPS) is 11.2. The molecule has 0 fully saturated rings. The van der Waals surface area contributed by atoms with E-state index in [0.717, 1.165) is 0 Å². The maximum atomic E-state index is 3.65. The highest BCUT2D eigenvalue weighted by Gasteiger charge is 2.14. The van der Waals surface area contributed by atoms with Crippen LogP contribution in [0.25, 0.3) is 44.1 Å². The first-order chi connectivity index (χ1) is 12.4. The van der Waals surface area contributed by atoms with E-state index in [1.54, 1.807) is 0 Å². The Morgan fingerprint density at radius 2 is 1.36 bits per heavy atom. The first-order valence-corrected chi connectivity index (χ1v) is 8.47. The lowest BCUT2D eigenvalue weighted by molar-refractivity contribution is 1.53. The molecular formula is C24H16N. The smallest absolute Gasteiger partial charge is 0.0550 e. The van der Waals surface area contributed by atoms with E-state index in [0.29, 0.717) is 0 Å². The fourth-order valence-corrected chi connectivity index (χ4v) is 3.63. The largest absolute Gasteiger partial charge is 0.354 e. The second kappa shape index (κ2) is 5.64. The molecule has 117 valence electrons. The van der Waals surface area contributed by atoms with Crippen molar-refractivity contribution in [3.63, 3.8) is 0 Å². The Hall–Kier alpha value is -3.32. The highest BCUT2D eigenvalue weighted by molar-refractivity contribution is 6.14. The predicted octanol–water partition coefficient (Wildman–Crippen LogP) is 6.46. The van der Waals surface area contributed by atoms with Crippen molar-refractivity contribution < 1.29 is 0 Å². The SMILES string of the molecule is [c]1ccc(-c2c(-c3ccccc3)ccc3c2[nH]c2ccccc23)cc1. The van der Waals surface area contributed by atoms with Crippen molar-refractivity contribution in [2.45, 2.75) is 0 Å². The number of rotatable bonds is 2. The molecule has 0 saturated heterocycles. The number of nitrogens with one attached hydrogen (secondary N) is 1. The van der Waals surface area contributed by atoms with Gasteiger partial charge in [0.2, 0.25) is 0 Å². The molecule has 5 aromatic rings. The van der Waals surface area contributed by atoms with Crippen molar-refractivity contribution in [2.75, 3.05) is 0 Å². The van der Waals surface area contributed by atoms with Gasteiger partial charge in [-0.2, -0.15) is 0 Å². The molecule has 0 aliphatic heterocycles. The zero-order valence-corrected chi connectivity index (χ0v) is 13.7. The maximum absolute atomic E-state index is 3.65. The van der Waals surface area contributed by atoms with Gasteiger partial charge >= 0.3 is 0 Å². The number of benzene rings is 4. The Kier molecular flexibility index (Phi) is 3.17. The van der Waals surface area contributed by atoms with Crippen molar-refractivity contribution in [1.29, 1.82) is 0 Å². The summed E-state index contributed by atoms with van der Waals surface area (Å²) in [5.41, 5.74) is 7.28. The Bertz CT molecular complexity index is 1170. The number of H-pyrrole nitrogens is 1. The third-order valence-electron chi connectivity index (χ3n) is 4.77. The van der Waals surface area contributed by atoms with Gasteiger partial charge in [0.05, 0.1) is 5.52 Å². The second-order valence-electron chi connectivity index (χ2n) is 6.24. The molecule has 1 aromatic heterocycles. The van der Waals surface area contributed by atoms with Gasteiger partial charge in [-0.15, -0.1) is 0 Å². The molecule has 4 aromatic carbocycles. The van der Waals surface area contributed by atoms with Crippen LogP contribution in [0, 0.1) is 6.07 Å². The molecule has 0 atom stereocenters. The number of aromatic amines is 1. The standard InChI is InChI=1S/C24H16N/c1-3-9-17(10-4-1)19-15-16-21-20-13-7-8-14-22(20)25-24(21)23(19)18-11-5-2-6-12-18/h1,3-16,25H. The summed E-state index contributed by atoms with van der Waals surface area (Å²) in [4.78, 5) is 3.65. The first kappa shape index (κ1) is 14.1. The summed E-state index contributed by atoms with van der Waals surface area (Å²) < 4.78 is 0. The fourth-order valence-electron chi connectivity index (χ4n) is 3.63. The average Bonchev–Trinajstić information content (AvgIpc) is 3.07. The average molecular weight is 318 g/mol. The molecule has 0 saturated carbocycles.